The second kappa shape index (κ2) is 8.10. The molecule has 2 aliphatic heterocycles. The van der Waals surface area contributed by atoms with Crippen LogP contribution in [0.25, 0.3) is 0 Å². The number of rotatable bonds is 3. The van der Waals surface area contributed by atoms with E-state index in [1.807, 2.05) is 0 Å². The zero-order chi connectivity index (χ0) is 21.3. The Morgan fingerprint density at radius 1 is 1.13 bits per heavy atom. The van der Waals surface area contributed by atoms with Gasteiger partial charge in [-0.05, 0) is 30.3 Å². The monoisotopic (exact) mass is 438 g/mol. The number of fused-ring (bicyclic) bond motifs is 2. The van der Waals surface area contributed by atoms with E-state index in [1.165, 1.54) is 18.2 Å². The van der Waals surface area contributed by atoms with Crippen LogP contribution in [0.2, 0.25) is 0 Å². The quantitative estimate of drug-likeness (QED) is 0.738. The Bertz CT molecular complexity index is 983. The van der Waals surface area contributed by atoms with Gasteiger partial charge in [-0.2, -0.15) is 13.2 Å². The molecule has 0 saturated heterocycles. The molecule has 30 heavy (non-hydrogen) atoms. The van der Waals surface area contributed by atoms with Gasteiger partial charge in [0.25, 0.3) is 0 Å². The Kier molecular flexibility index (Phi) is 5.50. The van der Waals surface area contributed by atoms with Crippen molar-refractivity contribution in [2.75, 3.05) is 29.2 Å². The van der Waals surface area contributed by atoms with Gasteiger partial charge in [0.1, 0.15) is 19.3 Å². The molecule has 1 atom stereocenters. The van der Waals surface area contributed by atoms with Gasteiger partial charge in [-0.25, -0.2) is 0 Å². The zero-order valence-electron chi connectivity index (χ0n) is 15.6. The summed E-state index contributed by atoms with van der Waals surface area (Å²) in [6.07, 6.45) is -5.62. The van der Waals surface area contributed by atoms with E-state index in [4.69, 9.17) is 9.47 Å². The Hall–Kier alpha value is -2.88. The number of halogens is 3. The summed E-state index contributed by atoms with van der Waals surface area (Å²) < 4.78 is 52.2. The average Bonchev–Trinajstić information content (AvgIpc) is 2.87. The lowest BCUT2D eigenvalue weighted by Crippen LogP contribution is -2.50. The summed E-state index contributed by atoms with van der Waals surface area (Å²) in [5.74, 6) is -0.669. The van der Waals surface area contributed by atoms with Crippen molar-refractivity contribution in [2.45, 2.75) is 23.5 Å². The lowest BCUT2D eigenvalue weighted by molar-refractivity contribution is -0.157. The van der Waals surface area contributed by atoms with E-state index >= 15 is 0 Å². The first-order valence-electron chi connectivity index (χ1n) is 9.13. The number of hydrogen-bond donors (Lipinski definition) is 1. The molecule has 0 radical (unpaired) electrons. The molecule has 0 spiro atoms. The average molecular weight is 438 g/mol. The number of ether oxygens (including phenoxy) is 2. The SMILES string of the molecule is O=C1CC(C(F)(F)F)N(C(=O)CSc2ccc3c(c2)OCCO3)c2ccccc2N1. The van der Waals surface area contributed by atoms with Crippen LogP contribution in [0, 0.1) is 0 Å². The van der Waals surface area contributed by atoms with Crippen molar-refractivity contribution < 1.29 is 32.2 Å². The zero-order valence-corrected chi connectivity index (χ0v) is 16.4. The first-order chi connectivity index (χ1) is 14.3. The maximum atomic E-state index is 13.7. The van der Waals surface area contributed by atoms with Gasteiger partial charge in [-0.1, -0.05) is 12.1 Å². The number of anilines is 2. The number of para-hydroxylation sites is 2. The minimum Gasteiger partial charge on any atom is -0.486 e. The lowest BCUT2D eigenvalue weighted by Gasteiger charge is -2.31. The lowest BCUT2D eigenvalue weighted by atomic mass is 10.1. The van der Waals surface area contributed by atoms with Gasteiger partial charge in [0.05, 0.1) is 23.5 Å². The normalized spacial score (nSPS) is 18.3. The van der Waals surface area contributed by atoms with Crippen LogP contribution in [0.1, 0.15) is 6.42 Å². The van der Waals surface area contributed by atoms with Crippen molar-refractivity contribution in [3.05, 3.63) is 42.5 Å². The van der Waals surface area contributed by atoms with Crippen molar-refractivity contribution in [1.29, 1.82) is 0 Å². The summed E-state index contributed by atoms with van der Waals surface area (Å²) in [6, 6.07) is 8.84. The molecule has 0 bridgehead atoms. The molecule has 0 saturated carbocycles. The highest BCUT2D eigenvalue weighted by atomic mass is 32.2. The minimum atomic E-state index is -4.76. The number of nitrogens with zero attached hydrogens (tertiary/aromatic N) is 1. The largest absolute Gasteiger partial charge is 0.486 e. The van der Waals surface area contributed by atoms with Crippen LogP contribution in [0.5, 0.6) is 11.5 Å². The van der Waals surface area contributed by atoms with E-state index in [0.717, 1.165) is 11.8 Å². The summed E-state index contributed by atoms with van der Waals surface area (Å²) in [5.41, 5.74) is 0.199. The number of hydrogen-bond acceptors (Lipinski definition) is 5. The predicted molar refractivity (Wildman–Crippen MR) is 105 cm³/mol. The van der Waals surface area contributed by atoms with Crippen LogP contribution in [0.15, 0.2) is 47.4 Å². The number of carbonyl (C=O) groups is 2. The number of alkyl halides is 3. The maximum Gasteiger partial charge on any atom is 0.409 e. The van der Waals surface area contributed by atoms with E-state index in [0.29, 0.717) is 34.5 Å². The van der Waals surface area contributed by atoms with Crippen LogP contribution in [-0.4, -0.2) is 43.0 Å². The molecule has 2 aromatic carbocycles. The summed E-state index contributed by atoms with van der Waals surface area (Å²) in [4.78, 5) is 26.3. The molecule has 158 valence electrons. The fraction of sp³-hybridized carbons (Fsp3) is 0.300. The summed E-state index contributed by atoms with van der Waals surface area (Å²) in [6.45, 7) is 0.844. The standard InChI is InChI=1S/C20H17F3N2O4S/c21-20(22,23)17-10-18(26)24-13-3-1-2-4-14(13)25(17)19(27)11-30-12-5-6-15-16(9-12)29-8-7-28-15/h1-6,9,17H,7-8,10-11H2,(H,24,26). The van der Waals surface area contributed by atoms with Gasteiger partial charge in [0.15, 0.2) is 11.5 Å². The smallest absolute Gasteiger partial charge is 0.409 e. The molecule has 1 N–H and O–H groups in total. The molecule has 0 fully saturated rings. The van der Waals surface area contributed by atoms with Crippen molar-refractivity contribution in [3.8, 4) is 11.5 Å². The Morgan fingerprint density at radius 2 is 1.87 bits per heavy atom. The van der Waals surface area contributed by atoms with Gasteiger partial charge >= 0.3 is 6.18 Å². The van der Waals surface area contributed by atoms with Crippen LogP contribution in [0.3, 0.4) is 0 Å². The molecule has 4 rings (SSSR count). The maximum absolute atomic E-state index is 13.7. The van der Waals surface area contributed by atoms with Gasteiger partial charge in [0.2, 0.25) is 11.8 Å². The first kappa shape index (κ1) is 20.4. The van der Waals surface area contributed by atoms with Gasteiger partial charge in [-0.15, -0.1) is 11.8 Å². The number of amides is 2. The van der Waals surface area contributed by atoms with E-state index in [9.17, 15) is 22.8 Å². The third kappa shape index (κ3) is 4.18. The van der Waals surface area contributed by atoms with E-state index in [-0.39, 0.29) is 17.1 Å². The van der Waals surface area contributed by atoms with Gasteiger partial charge < -0.3 is 14.8 Å². The molecule has 10 heteroatoms. The Balaban J connectivity index is 1.59. The van der Waals surface area contributed by atoms with E-state index < -0.39 is 30.5 Å². The third-order valence-electron chi connectivity index (χ3n) is 4.65. The van der Waals surface area contributed by atoms with Gasteiger partial charge in [0, 0.05) is 4.90 Å². The molecule has 2 amide bonds. The fourth-order valence-electron chi connectivity index (χ4n) is 3.32. The van der Waals surface area contributed by atoms with Crippen molar-refractivity contribution >= 4 is 35.0 Å². The fourth-order valence-corrected chi connectivity index (χ4v) is 4.11. The number of benzene rings is 2. The molecule has 0 aliphatic carbocycles. The molecular weight excluding hydrogens is 421 g/mol. The summed E-state index contributed by atoms with van der Waals surface area (Å²) >= 11 is 1.09. The van der Waals surface area contributed by atoms with Crippen molar-refractivity contribution in [1.82, 2.24) is 0 Å². The van der Waals surface area contributed by atoms with Crippen LogP contribution in [0.4, 0.5) is 24.5 Å². The van der Waals surface area contributed by atoms with Crippen LogP contribution >= 0.6 is 11.8 Å². The second-order valence-electron chi connectivity index (χ2n) is 6.68. The number of thioether (sulfide) groups is 1. The molecule has 1 unspecified atom stereocenters. The van der Waals surface area contributed by atoms with Gasteiger partial charge in [-0.3, -0.25) is 14.5 Å². The number of carbonyl (C=O) groups excluding carboxylic acids is 2. The molecule has 0 aromatic heterocycles. The van der Waals surface area contributed by atoms with Crippen LogP contribution in [-0.2, 0) is 9.59 Å². The van der Waals surface area contributed by atoms with Crippen molar-refractivity contribution in [2.24, 2.45) is 0 Å². The Labute approximate surface area is 174 Å². The Morgan fingerprint density at radius 3 is 2.63 bits per heavy atom. The molecule has 2 aromatic rings. The third-order valence-corrected chi connectivity index (χ3v) is 5.63. The summed E-state index contributed by atoms with van der Waals surface area (Å²) in [7, 11) is 0. The molecule has 2 aliphatic rings. The highest BCUT2D eigenvalue weighted by Gasteiger charge is 2.48. The summed E-state index contributed by atoms with van der Waals surface area (Å²) in [5, 5.41) is 2.45. The first-order valence-corrected chi connectivity index (χ1v) is 10.1. The van der Waals surface area contributed by atoms with Crippen LogP contribution < -0.4 is 19.7 Å². The molecule has 6 nitrogen and oxygen atoms in total. The highest BCUT2D eigenvalue weighted by Crippen LogP contribution is 2.39. The molecule has 2 heterocycles. The topological polar surface area (TPSA) is 67.9 Å². The van der Waals surface area contributed by atoms with E-state index in [1.54, 1.807) is 24.3 Å². The number of nitrogens with one attached hydrogen (secondary N) is 1. The van der Waals surface area contributed by atoms with Crippen molar-refractivity contribution in [3.63, 3.8) is 0 Å². The highest BCUT2D eigenvalue weighted by molar-refractivity contribution is 8.00. The predicted octanol–water partition coefficient (Wildman–Crippen LogP) is 3.86. The second-order valence-corrected chi connectivity index (χ2v) is 7.73. The van der Waals surface area contributed by atoms with E-state index in [2.05, 4.69) is 5.32 Å². The minimum absolute atomic E-state index is 0.0263. The molecular formula is C20H17F3N2O4S.